The van der Waals surface area contributed by atoms with Crippen LogP contribution < -0.4 is 5.32 Å². The van der Waals surface area contributed by atoms with Crippen LogP contribution in [0.15, 0.2) is 17.4 Å². The van der Waals surface area contributed by atoms with E-state index in [9.17, 15) is 0 Å². The van der Waals surface area contributed by atoms with Gasteiger partial charge in [0.25, 0.3) is 0 Å². The fourth-order valence-corrected chi connectivity index (χ4v) is 2.34. The Morgan fingerprint density at radius 1 is 1.60 bits per heavy atom. The fourth-order valence-electron chi connectivity index (χ4n) is 1.49. The highest BCUT2D eigenvalue weighted by Gasteiger charge is 2.05. The highest BCUT2D eigenvalue weighted by Crippen LogP contribution is 2.09. The molecule has 1 N–H and O–H groups in total. The van der Waals surface area contributed by atoms with Crippen molar-refractivity contribution in [2.24, 2.45) is 12.0 Å². The molecule has 15 heavy (non-hydrogen) atoms. The number of thioether (sulfide) groups is 1. The quantitative estimate of drug-likeness (QED) is 0.834. The molecular formula is C10H16N4S. The second-order valence-corrected chi connectivity index (χ2v) is 4.60. The Kier molecular flexibility index (Phi) is 3.66. The van der Waals surface area contributed by atoms with E-state index < -0.39 is 0 Å². The van der Waals surface area contributed by atoms with Crippen molar-refractivity contribution in [3.8, 4) is 0 Å². The largest absolute Gasteiger partial charge is 0.364 e. The second-order valence-electron chi connectivity index (χ2n) is 3.52. The number of hydrogen-bond acceptors (Lipinski definition) is 4. The number of nitrogens with zero attached hydrogens (tertiary/aromatic N) is 3. The molecule has 0 atom stereocenters. The average Bonchev–Trinajstić information content (AvgIpc) is 2.66. The van der Waals surface area contributed by atoms with Gasteiger partial charge in [0.1, 0.15) is 5.82 Å². The van der Waals surface area contributed by atoms with Crippen LogP contribution in [0.4, 0.5) is 0 Å². The summed E-state index contributed by atoms with van der Waals surface area (Å²) in [6.07, 6.45) is 5.96. The first-order valence-electron chi connectivity index (χ1n) is 5.23. The lowest BCUT2D eigenvalue weighted by Crippen LogP contribution is -2.26. The van der Waals surface area contributed by atoms with Crippen molar-refractivity contribution in [2.75, 3.05) is 18.8 Å². The second kappa shape index (κ2) is 5.21. The molecule has 0 amide bonds. The Hall–Kier alpha value is -0.970. The van der Waals surface area contributed by atoms with Crippen LogP contribution in [0.25, 0.3) is 0 Å². The molecular weight excluding hydrogens is 208 g/mol. The van der Waals surface area contributed by atoms with E-state index in [0.29, 0.717) is 0 Å². The van der Waals surface area contributed by atoms with Gasteiger partial charge in [-0.05, 0) is 6.42 Å². The van der Waals surface area contributed by atoms with Crippen LogP contribution in [-0.4, -0.2) is 33.6 Å². The minimum atomic E-state index is 0.913. The maximum Gasteiger partial charge on any atom is 0.156 e. The molecule has 0 aromatic carbocycles. The number of nitrogens with one attached hydrogen (secondary N) is 1. The van der Waals surface area contributed by atoms with Crippen LogP contribution in [0.2, 0.25) is 0 Å². The third kappa shape index (κ3) is 2.99. The highest BCUT2D eigenvalue weighted by molar-refractivity contribution is 8.13. The Bertz CT molecular complexity index is 345. The van der Waals surface area contributed by atoms with Gasteiger partial charge in [0.15, 0.2) is 5.17 Å². The summed E-state index contributed by atoms with van der Waals surface area (Å²) in [4.78, 5) is 8.69. The minimum Gasteiger partial charge on any atom is -0.364 e. The summed E-state index contributed by atoms with van der Waals surface area (Å²) in [5, 5.41) is 4.44. The third-order valence-electron chi connectivity index (χ3n) is 2.34. The normalized spacial score (nSPS) is 16.2. The molecule has 0 fully saturated rings. The van der Waals surface area contributed by atoms with E-state index in [-0.39, 0.29) is 0 Å². The lowest BCUT2D eigenvalue weighted by atomic mass is 10.4. The van der Waals surface area contributed by atoms with Gasteiger partial charge >= 0.3 is 0 Å². The van der Waals surface area contributed by atoms with Crippen molar-refractivity contribution in [2.45, 2.75) is 12.8 Å². The van der Waals surface area contributed by atoms with Gasteiger partial charge in [-0.3, -0.25) is 4.99 Å². The van der Waals surface area contributed by atoms with Crippen LogP contribution in [0.1, 0.15) is 12.2 Å². The highest BCUT2D eigenvalue weighted by atomic mass is 32.2. The number of hydrogen-bond donors (Lipinski definition) is 1. The number of imidazole rings is 1. The molecule has 0 radical (unpaired) electrons. The third-order valence-corrected chi connectivity index (χ3v) is 3.38. The summed E-state index contributed by atoms with van der Waals surface area (Å²) in [5.74, 6) is 2.30. The molecule has 0 saturated heterocycles. The standard InChI is InChI=1S/C10H16N4S/c1-14-7-6-11-9(14)3-5-13-10-12-4-2-8-15-10/h6-7H,2-5,8H2,1H3,(H,12,13). The molecule has 5 heteroatoms. The zero-order valence-corrected chi connectivity index (χ0v) is 9.76. The number of aromatic nitrogens is 2. The maximum atomic E-state index is 4.41. The Morgan fingerprint density at radius 3 is 3.20 bits per heavy atom. The van der Waals surface area contributed by atoms with Crippen molar-refractivity contribution >= 4 is 16.9 Å². The van der Waals surface area contributed by atoms with E-state index in [0.717, 1.165) is 30.5 Å². The summed E-state index contributed by atoms with van der Waals surface area (Å²) in [7, 11) is 2.02. The average molecular weight is 224 g/mol. The van der Waals surface area contributed by atoms with Gasteiger partial charge in [0, 0.05) is 44.7 Å². The van der Waals surface area contributed by atoms with Gasteiger partial charge in [-0.1, -0.05) is 11.8 Å². The molecule has 0 unspecified atom stereocenters. The zero-order chi connectivity index (χ0) is 10.5. The predicted octanol–water partition coefficient (Wildman–Crippen LogP) is 1.05. The topological polar surface area (TPSA) is 42.2 Å². The smallest absolute Gasteiger partial charge is 0.156 e. The van der Waals surface area contributed by atoms with E-state index in [1.54, 1.807) is 0 Å². The Balaban J connectivity index is 1.75. The number of amidine groups is 1. The zero-order valence-electron chi connectivity index (χ0n) is 8.94. The fraction of sp³-hybridized carbons (Fsp3) is 0.600. The lowest BCUT2D eigenvalue weighted by Gasteiger charge is -2.12. The lowest BCUT2D eigenvalue weighted by molar-refractivity contribution is 0.749. The van der Waals surface area contributed by atoms with E-state index >= 15 is 0 Å². The van der Waals surface area contributed by atoms with Crippen molar-refractivity contribution in [1.29, 1.82) is 0 Å². The number of aliphatic imine (C=N–C) groups is 1. The van der Waals surface area contributed by atoms with Crippen LogP contribution in [0.5, 0.6) is 0 Å². The molecule has 1 aliphatic heterocycles. The monoisotopic (exact) mass is 224 g/mol. The van der Waals surface area contributed by atoms with Gasteiger partial charge < -0.3 is 9.88 Å². The molecule has 1 aliphatic rings. The molecule has 82 valence electrons. The number of rotatable bonds is 3. The van der Waals surface area contributed by atoms with Gasteiger partial charge in [-0.25, -0.2) is 4.98 Å². The van der Waals surface area contributed by atoms with Crippen molar-refractivity contribution in [3.05, 3.63) is 18.2 Å². The van der Waals surface area contributed by atoms with Crippen LogP contribution in [0.3, 0.4) is 0 Å². The van der Waals surface area contributed by atoms with Gasteiger partial charge in [-0.15, -0.1) is 0 Å². The molecule has 0 spiro atoms. The molecule has 1 aromatic heterocycles. The molecule has 0 saturated carbocycles. The number of aryl methyl sites for hydroxylation is 1. The summed E-state index contributed by atoms with van der Waals surface area (Å²) in [5.41, 5.74) is 0. The van der Waals surface area contributed by atoms with Crippen molar-refractivity contribution in [3.63, 3.8) is 0 Å². The first-order valence-corrected chi connectivity index (χ1v) is 6.22. The Labute approximate surface area is 94.2 Å². The molecule has 2 heterocycles. The minimum absolute atomic E-state index is 0.913. The van der Waals surface area contributed by atoms with Crippen molar-refractivity contribution < 1.29 is 0 Å². The van der Waals surface area contributed by atoms with E-state index in [2.05, 4.69) is 19.9 Å². The summed E-state index contributed by atoms with van der Waals surface area (Å²) in [6, 6.07) is 0. The SMILES string of the molecule is Cn1ccnc1CCNC1=NCCCS1. The van der Waals surface area contributed by atoms with E-state index in [1.807, 2.05) is 31.2 Å². The van der Waals surface area contributed by atoms with E-state index in [4.69, 9.17) is 0 Å². The van der Waals surface area contributed by atoms with Gasteiger partial charge in [0.2, 0.25) is 0 Å². The van der Waals surface area contributed by atoms with Crippen molar-refractivity contribution in [1.82, 2.24) is 14.9 Å². The summed E-state index contributed by atoms with van der Waals surface area (Å²) < 4.78 is 2.05. The summed E-state index contributed by atoms with van der Waals surface area (Å²) >= 11 is 1.82. The molecule has 4 nitrogen and oxygen atoms in total. The van der Waals surface area contributed by atoms with Crippen LogP contribution in [-0.2, 0) is 13.5 Å². The molecule has 0 bridgehead atoms. The first kappa shape index (κ1) is 10.5. The van der Waals surface area contributed by atoms with E-state index in [1.165, 1.54) is 12.2 Å². The van der Waals surface area contributed by atoms with Gasteiger partial charge in [-0.2, -0.15) is 0 Å². The summed E-state index contributed by atoms with van der Waals surface area (Å²) in [6.45, 7) is 1.88. The molecule has 1 aromatic rings. The Morgan fingerprint density at radius 2 is 2.53 bits per heavy atom. The maximum absolute atomic E-state index is 4.41. The van der Waals surface area contributed by atoms with Gasteiger partial charge in [0.05, 0.1) is 0 Å². The first-order chi connectivity index (χ1) is 7.36. The molecule has 0 aliphatic carbocycles. The molecule has 2 rings (SSSR count). The predicted molar refractivity (Wildman–Crippen MR) is 64.3 cm³/mol. The van der Waals surface area contributed by atoms with Crippen LogP contribution in [0, 0.1) is 0 Å². The van der Waals surface area contributed by atoms with Crippen LogP contribution >= 0.6 is 11.8 Å².